The smallest absolute Gasteiger partial charge is 0.283 e. The van der Waals surface area contributed by atoms with Crippen LogP contribution in [0, 0.1) is 5.82 Å². The highest BCUT2D eigenvalue weighted by molar-refractivity contribution is 5.78. The summed E-state index contributed by atoms with van der Waals surface area (Å²) in [5.74, 6) is 0.186. The Labute approximate surface area is 196 Å². The minimum absolute atomic E-state index is 0.0341. The molecule has 3 aliphatic heterocycles. The van der Waals surface area contributed by atoms with Crippen molar-refractivity contribution in [3.63, 3.8) is 0 Å². The van der Waals surface area contributed by atoms with Crippen LogP contribution in [-0.2, 0) is 15.0 Å². The number of nitrogens with two attached hydrogens (primary N) is 1. The van der Waals surface area contributed by atoms with Crippen molar-refractivity contribution in [1.82, 2.24) is 9.97 Å². The topological polar surface area (TPSA) is 95.1 Å². The molecular formula is C25H24FN5O3. The zero-order valence-corrected chi connectivity index (χ0v) is 18.9. The number of morpholine rings is 1. The summed E-state index contributed by atoms with van der Waals surface area (Å²) in [7, 11) is 0. The Hall–Kier alpha value is -3.72. The molecule has 34 heavy (non-hydrogen) atoms. The summed E-state index contributed by atoms with van der Waals surface area (Å²) in [4.78, 5) is 15.4. The molecule has 3 unspecified atom stereocenters. The standard InChI is InChI=1S/C25H24FN5O3/c1-14-11-31(12-15(2)33-14)17-8-19-23(20(26)9-17)34-22-4-3-16(21-10-28-5-6-29-21)7-18(22)25(19)13-32-24(27)30-25/h3-10,14-15H,11-13H2,1-2H3,(H2,27,30). The molecule has 2 aromatic carbocycles. The van der Waals surface area contributed by atoms with Crippen LogP contribution in [0.3, 0.4) is 0 Å². The zero-order chi connectivity index (χ0) is 23.4. The lowest BCUT2D eigenvalue weighted by Crippen LogP contribution is -2.45. The Morgan fingerprint density at radius 1 is 1.09 bits per heavy atom. The van der Waals surface area contributed by atoms with Crippen molar-refractivity contribution in [2.45, 2.75) is 31.6 Å². The largest absolute Gasteiger partial charge is 0.462 e. The van der Waals surface area contributed by atoms with E-state index in [-0.39, 0.29) is 30.6 Å². The van der Waals surface area contributed by atoms with Gasteiger partial charge in [-0.05, 0) is 38.1 Å². The molecule has 3 aliphatic rings. The molecule has 1 fully saturated rings. The number of ether oxygens (including phenoxy) is 3. The maximum atomic E-state index is 15.5. The van der Waals surface area contributed by atoms with Crippen molar-refractivity contribution in [2.24, 2.45) is 10.7 Å². The molecule has 3 aromatic rings. The van der Waals surface area contributed by atoms with E-state index in [1.54, 1.807) is 24.7 Å². The van der Waals surface area contributed by atoms with Crippen molar-refractivity contribution in [3.8, 4) is 22.8 Å². The average Bonchev–Trinajstić information content (AvgIpc) is 3.22. The minimum atomic E-state index is -1.04. The van der Waals surface area contributed by atoms with Gasteiger partial charge >= 0.3 is 0 Å². The van der Waals surface area contributed by atoms with Gasteiger partial charge < -0.3 is 24.8 Å². The van der Waals surface area contributed by atoms with Gasteiger partial charge in [-0.1, -0.05) is 0 Å². The molecule has 8 nitrogen and oxygen atoms in total. The van der Waals surface area contributed by atoms with Gasteiger partial charge in [0.1, 0.15) is 12.4 Å². The van der Waals surface area contributed by atoms with Crippen LogP contribution in [0.15, 0.2) is 53.9 Å². The molecule has 0 saturated carbocycles. The van der Waals surface area contributed by atoms with Crippen molar-refractivity contribution in [2.75, 3.05) is 24.6 Å². The third-order valence-electron chi connectivity index (χ3n) is 6.48. The van der Waals surface area contributed by atoms with Crippen molar-refractivity contribution in [1.29, 1.82) is 0 Å². The fourth-order valence-corrected chi connectivity index (χ4v) is 5.07. The van der Waals surface area contributed by atoms with Crippen LogP contribution in [0.4, 0.5) is 10.1 Å². The van der Waals surface area contributed by atoms with Gasteiger partial charge in [0.2, 0.25) is 0 Å². The Morgan fingerprint density at radius 3 is 2.62 bits per heavy atom. The molecule has 1 aromatic heterocycles. The van der Waals surface area contributed by atoms with E-state index in [0.717, 1.165) is 16.8 Å². The van der Waals surface area contributed by atoms with E-state index in [2.05, 4.69) is 14.9 Å². The highest BCUT2D eigenvalue weighted by Crippen LogP contribution is 2.53. The number of nitrogens with zero attached hydrogens (tertiary/aromatic N) is 4. The van der Waals surface area contributed by atoms with Gasteiger partial charge in [0.05, 0.1) is 24.1 Å². The van der Waals surface area contributed by atoms with Crippen LogP contribution in [-0.4, -0.2) is 47.9 Å². The van der Waals surface area contributed by atoms with Gasteiger partial charge in [0.25, 0.3) is 6.02 Å². The number of amidine groups is 1. The third-order valence-corrected chi connectivity index (χ3v) is 6.48. The van der Waals surface area contributed by atoms with E-state index in [9.17, 15) is 0 Å². The van der Waals surface area contributed by atoms with Crippen LogP contribution >= 0.6 is 0 Å². The molecule has 0 aliphatic carbocycles. The van der Waals surface area contributed by atoms with Crippen LogP contribution in [0.25, 0.3) is 11.3 Å². The summed E-state index contributed by atoms with van der Waals surface area (Å²) in [6, 6.07) is 9.12. The number of anilines is 1. The lowest BCUT2D eigenvalue weighted by Gasteiger charge is -2.39. The number of hydrogen-bond donors (Lipinski definition) is 1. The first-order valence-electron chi connectivity index (χ1n) is 11.2. The van der Waals surface area contributed by atoms with Gasteiger partial charge in [-0.3, -0.25) is 9.97 Å². The Balaban J connectivity index is 1.52. The van der Waals surface area contributed by atoms with Gasteiger partial charge in [0, 0.05) is 53.9 Å². The van der Waals surface area contributed by atoms with E-state index in [0.29, 0.717) is 30.1 Å². The molecule has 2 N–H and O–H groups in total. The molecule has 0 amide bonds. The number of aromatic nitrogens is 2. The number of rotatable bonds is 2. The van der Waals surface area contributed by atoms with Crippen LogP contribution in [0.5, 0.6) is 11.5 Å². The maximum Gasteiger partial charge on any atom is 0.283 e. The molecular weight excluding hydrogens is 437 g/mol. The fraction of sp³-hybridized carbons (Fsp3) is 0.320. The Morgan fingerprint density at radius 2 is 1.91 bits per heavy atom. The predicted octanol–water partition coefficient (Wildman–Crippen LogP) is 3.59. The molecule has 0 bridgehead atoms. The lowest BCUT2D eigenvalue weighted by atomic mass is 9.80. The van der Waals surface area contributed by atoms with E-state index in [1.165, 1.54) is 6.07 Å². The zero-order valence-electron chi connectivity index (χ0n) is 18.9. The second-order valence-corrected chi connectivity index (χ2v) is 8.97. The second kappa shape index (κ2) is 7.66. The molecule has 1 saturated heterocycles. The molecule has 9 heteroatoms. The Bertz CT molecular complexity index is 1290. The van der Waals surface area contributed by atoms with Gasteiger partial charge in [0.15, 0.2) is 17.1 Å². The first-order valence-corrected chi connectivity index (χ1v) is 11.2. The fourth-order valence-electron chi connectivity index (χ4n) is 5.07. The quantitative estimate of drug-likeness (QED) is 0.623. The van der Waals surface area contributed by atoms with E-state index in [4.69, 9.17) is 24.9 Å². The first kappa shape index (κ1) is 20.9. The molecule has 1 spiro atoms. The number of aliphatic imine (C=N–C) groups is 1. The number of halogens is 1. The molecule has 6 rings (SSSR count). The minimum Gasteiger partial charge on any atom is -0.462 e. The van der Waals surface area contributed by atoms with Gasteiger partial charge in [-0.2, -0.15) is 0 Å². The molecule has 3 atom stereocenters. The highest BCUT2D eigenvalue weighted by atomic mass is 19.1. The molecule has 0 radical (unpaired) electrons. The predicted molar refractivity (Wildman–Crippen MR) is 125 cm³/mol. The summed E-state index contributed by atoms with van der Waals surface area (Å²) in [6.07, 6.45) is 5.01. The number of fused-ring (bicyclic) bond motifs is 4. The van der Waals surface area contributed by atoms with Gasteiger partial charge in [-0.15, -0.1) is 0 Å². The SMILES string of the molecule is CC1CN(c2cc(F)c3c(c2)C2(COC(N)=N2)c2cc(-c4cnccn4)ccc2O3)CC(C)O1. The first-order chi connectivity index (χ1) is 16.4. The van der Waals surface area contributed by atoms with E-state index >= 15 is 4.39 Å². The monoisotopic (exact) mass is 461 g/mol. The normalized spacial score (nSPS) is 25.3. The summed E-state index contributed by atoms with van der Waals surface area (Å²) in [5.41, 5.74) is 8.58. The summed E-state index contributed by atoms with van der Waals surface area (Å²) < 4.78 is 33.1. The summed E-state index contributed by atoms with van der Waals surface area (Å²) in [5, 5.41) is 0. The van der Waals surface area contributed by atoms with E-state index in [1.807, 2.05) is 32.0 Å². The number of benzene rings is 2. The lowest BCUT2D eigenvalue weighted by molar-refractivity contribution is -0.00524. The number of hydrogen-bond acceptors (Lipinski definition) is 8. The van der Waals surface area contributed by atoms with Crippen LogP contribution in [0.2, 0.25) is 0 Å². The van der Waals surface area contributed by atoms with Crippen LogP contribution in [0.1, 0.15) is 25.0 Å². The molecule has 4 heterocycles. The molecule has 174 valence electrons. The van der Waals surface area contributed by atoms with Crippen molar-refractivity contribution >= 4 is 11.7 Å². The Kier molecular flexibility index (Phi) is 4.70. The maximum absolute atomic E-state index is 15.5. The van der Waals surface area contributed by atoms with E-state index < -0.39 is 11.4 Å². The van der Waals surface area contributed by atoms with Crippen molar-refractivity contribution in [3.05, 3.63) is 65.9 Å². The summed E-state index contributed by atoms with van der Waals surface area (Å²) >= 11 is 0. The second-order valence-electron chi connectivity index (χ2n) is 8.97. The van der Waals surface area contributed by atoms with Crippen LogP contribution < -0.4 is 15.4 Å². The van der Waals surface area contributed by atoms with Gasteiger partial charge in [-0.25, -0.2) is 9.38 Å². The average molecular weight is 461 g/mol. The van der Waals surface area contributed by atoms with Crippen molar-refractivity contribution < 1.29 is 18.6 Å². The third kappa shape index (κ3) is 3.27. The highest BCUT2D eigenvalue weighted by Gasteiger charge is 2.48. The summed E-state index contributed by atoms with van der Waals surface area (Å²) in [6.45, 7) is 5.49.